The van der Waals surface area contributed by atoms with Gasteiger partial charge >= 0.3 is 0 Å². The average Bonchev–Trinajstić information content (AvgIpc) is 2.43. The molecule has 108 valence electrons. The van der Waals surface area contributed by atoms with E-state index in [1.54, 1.807) is 4.90 Å². The maximum Gasteiger partial charge on any atom is 0.238 e. The minimum absolute atomic E-state index is 0.00324. The fourth-order valence-electron chi connectivity index (χ4n) is 2.37. The fraction of sp³-hybridized carbons (Fsp3) is 0.467. The fourth-order valence-corrected chi connectivity index (χ4v) is 2.37. The van der Waals surface area contributed by atoms with Crippen LogP contribution in [0.2, 0.25) is 0 Å². The van der Waals surface area contributed by atoms with E-state index in [4.69, 9.17) is 0 Å². The van der Waals surface area contributed by atoms with Gasteiger partial charge in [-0.2, -0.15) is 0 Å². The van der Waals surface area contributed by atoms with Gasteiger partial charge in [-0.25, -0.2) is 0 Å². The van der Waals surface area contributed by atoms with E-state index in [-0.39, 0.29) is 5.91 Å². The van der Waals surface area contributed by atoms with Crippen molar-refractivity contribution in [2.24, 2.45) is 0 Å². The predicted molar refractivity (Wildman–Crippen MR) is 78.6 cm³/mol. The van der Waals surface area contributed by atoms with Gasteiger partial charge in [0.1, 0.15) is 0 Å². The lowest BCUT2D eigenvalue weighted by molar-refractivity contribution is -0.120. The van der Waals surface area contributed by atoms with Gasteiger partial charge in [-0.1, -0.05) is 17.7 Å². The topological polar surface area (TPSA) is 52.7 Å². The third-order valence-electron chi connectivity index (χ3n) is 3.58. The highest BCUT2D eigenvalue weighted by Gasteiger charge is 2.17. The molecule has 0 aliphatic carbocycles. The summed E-state index contributed by atoms with van der Waals surface area (Å²) in [5.41, 5.74) is 3.13. The molecule has 2 amide bonds. The highest BCUT2D eigenvalue weighted by molar-refractivity contribution is 5.93. The number of carbonyl (C=O) groups is 2. The zero-order valence-electron chi connectivity index (χ0n) is 12.1. The molecule has 20 heavy (non-hydrogen) atoms. The van der Waals surface area contributed by atoms with Crippen molar-refractivity contribution in [3.63, 3.8) is 0 Å². The molecule has 1 aliphatic heterocycles. The zero-order chi connectivity index (χ0) is 14.5. The maximum absolute atomic E-state index is 12.0. The van der Waals surface area contributed by atoms with Crippen LogP contribution in [0.25, 0.3) is 0 Å². The van der Waals surface area contributed by atoms with E-state index in [0.29, 0.717) is 19.6 Å². The van der Waals surface area contributed by atoms with E-state index >= 15 is 0 Å². The Hall–Kier alpha value is -1.88. The second-order valence-electron chi connectivity index (χ2n) is 5.28. The summed E-state index contributed by atoms with van der Waals surface area (Å²) < 4.78 is 0. The third-order valence-corrected chi connectivity index (χ3v) is 3.58. The van der Waals surface area contributed by atoms with Crippen LogP contribution >= 0.6 is 0 Å². The molecule has 0 unspecified atom stereocenters. The number of piperazine rings is 1. The van der Waals surface area contributed by atoms with Crippen LogP contribution in [-0.2, 0) is 9.59 Å². The number of carbonyl (C=O) groups excluding carboxylic acids is 2. The first-order valence-electron chi connectivity index (χ1n) is 6.87. The van der Waals surface area contributed by atoms with Gasteiger partial charge in [0.25, 0.3) is 0 Å². The van der Waals surface area contributed by atoms with Gasteiger partial charge in [0, 0.05) is 31.9 Å². The average molecular weight is 275 g/mol. The third kappa shape index (κ3) is 3.81. The van der Waals surface area contributed by atoms with Gasteiger partial charge in [0.2, 0.25) is 12.3 Å². The molecule has 0 atom stereocenters. The van der Waals surface area contributed by atoms with Crippen LogP contribution in [0.5, 0.6) is 0 Å². The lowest BCUT2D eigenvalue weighted by atomic mass is 10.1. The molecule has 5 nitrogen and oxygen atoms in total. The molecule has 0 bridgehead atoms. The first-order valence-corrected chi connectivity index (χ1v) is 6.87. The Bertz CT molecular complexity index is 494. The van der Waals surface area contributed by atoms with E-state index in [1.807, 2.05) is 26.0 Å². The van der Waals surface area contributed by atoms with Crippen molar-refractivity contribution in [1.82, 2.24) is 9.80 Å². The van der Waals surface area contributed by atoms with Crippen molar-refractivity contribution >= 4 is 18.0 Å². The van der Waals surface area contributed by atoms with E-state index < -0.39 is 0 Å². The Morgan fingerprint density at radius 3 is 2.55 bits per heavy atom. The number of nitrogens with zero attached hydrogens (tertiary/aromatic N) is 2. The second-order valence-corrected chi connectivity index (χ2v) is 5.28. The smallest absolute Gasteiger partial charge is 0.238 e. The molecule has 0 radical (unpaired) electrons. The zero-order valence-corrected chi connectivity index (χ0v) is 12.1. The summed E-state index contributed by atoms with van der Waals surface area (Å²) in [6.45, 7) is 7.29. The van der Waals surface area contributed by atoms with Crippen LogP contribution in [0, 0.1) is 13.8 Å². The molecule has 1 heterocycles. The molecule has 2 rings (SSSR count). The SMILES string of the molecule is Cc1ccc(NC(=O)CN2CCN(C=O)CC2)c(C)c1. The molecule has 1 aromatic carbocycles. The van der Waals surface area contributed by atoms with Crippen molar-refractivity contribution in [2.75, 3.05) is 38.0 Å². The lowest BCUT2D eigenvalue weighted by Gasteiger charge is -2.31. The molecule has 1 saturated heterocycles. The highest BCUT2D eigenvalue weighted by atomic mass is 16.2. The van der Waals surface area contributed by atoms with Crippen LogP contribution in [0.15, 0.2) is 18.2 Å². The van der Waals surface area contributed by atoms with Gasteiger partial charge in [0.05, 0.1) is 6.54 Å². The Kier molecular flexibility index (Phi) is 4.74. The summed E-state index contributed by atoms with van der Waals surface area (Å²) in [5, 5.41) is 2.95. The molecule has 1 fully saturated rings. The molecular weight excluding hydrogens is 254 g/mol. The number of anilines is 1. The second kappa shape index (κ2) is 6.52. The van der Waals surface area contributed by atoms with E-state index in [9.17, 15) is 9.59 Å². The van der Waals surface area contributed by atoms with Crippen LogP contribution < -0.4 is 5.32 Å². The van der Waals surface area contributed by atoms with E-state index in [1.165, 1.54) is 5.56 Å². The van der Waals surface area contributed by atoms with E-state index in [2.05, 4.69) is 16.3 Å². The van der Waals surface area contributed by atoms with Crippen molar-refractivity contribution in [1.29, 1.82) is 0 Å². The minimum Gasteiger partial charge on any atom is -0.343 e. The van der Waals surface area contributed by atoms with Gasteiger partial charge in [-0.05, 0) is 25.5 Å². The van der Waals surface area contributed by atoms with Gasteiger partial charge in [-0.3, -0.25) is 14.5 Å². The molecule has 1 aliphatic rings. The van der Waals surface area contributed by atoms with Crippen LogP contribution in [0.4, 0.5) is 5.69 Å². The number of hydrogen-bond donors (Lipinski definition) is 1. The summed E-state index contributed by atoms with van der Waals surface area (Å²) in [4.78, 5) is 26.5. The van der Waals surface area contributed by atoms with Crippen LogP contribution in [0.3, 0.4) is 0 Å². The number of benzene rings is 1. The van der Waals surface area contributed by atoms with Crippen molar-refractivity contribution < 1.29 is 9.59 Å². The van der Waals surface area contributed by atoms with Crippen LogP contribution in [-0.4, -0.2) is 54.8 Å². The summed E-state index contributed by atoms with van der Waals surface area (Å²) in [5.74, 6) is -0.00324. The lowest BCUT2D eigenvalue weighted by Crippen LogP contribution is -2.48. The van der Waals surface area contributed by atoms with Gasteiger partial charge in [-0.15, -0.1) is 0 Å². The standard InChI is InChI=1S/C15H21N3O2/c1-12-3-4-14(13(2)9-12)16-15(20)10-17-5-7-18(11-19)8-6-17/h3-4,9,11H,5-8,10H2,1-2H3,(H,16,20). The first kappa shape index (κ1) is 14.5. The summed E-state index contributed by atoms with van der Waals surface area (Å²) in [6.07, 6.45) is 0.868. The molecule has 0 aromatic heterocycles. The molecule has 5 heteroatoms. The number of rotatable bonds is 4. The van der Waals surface area contributed by atoms with Gasteiger partial charge < -0.3 is 10.2 Å². The van der Waals surface area contributed by atoms with Crippen molar-refractivity contribution in [3.8, 4) is 0 Å². The Morgan fingerprint density at radius 2 is 1.95 bits per heavy atom. The Morgan fingerprint density at radius 1 is 1.25 bits per heavy atom. The maximum atomic E-state index is 12.0. The van der Waals surface area contributed by atoms with Gasteiger partial charge in [0.15, 0.2) is 0 Å². The summed E-state index contributed by atoms with van der Waals surface area (Å²) in [7, 11) is 0. The van der Waals surface area contributed by atoms with E-state index in [0.717, 1.165) is 30.8 Å². The highest BCUT2D eigenvalue weighted by Crippen LogP contribution is 2.16. The van der Waals surface area contributed by atoms with Crippen molar-refractivity contribution in [3.05, 3.63) is 29.3 Å². The monoisotopic (exact) mass is 275 g/mol. The Balaban J connectivity index is 1.85. The first-order chi connectivity index (χ1) is 9.58. The van der Waals surface area contributed by atoms with Crippen molar-refractivity contribution in [2.45, 2.75) is 13.8 Å². The number of aryl methyl sites for hydroxylation is 2. The Labute approximate surface area is 119 Å². The normalized spacial score (nSPS) is 16.0. The molecule has 1 N–H and O–H groups in total. The molecule has 0 spiro atoms. The number of nitrogens with one attached hydrogen (secondary N) is 1. The molecule has 0 saturated carbocycles. The number of amides is 2. The summed E-state index contributed by atoms with van der Waals surface area (Å²) >= 11 is 0. The minimum atomic E-state index is -0.00324. The molecular formula is C15H21N3O2. The predicted octanol–water partition coefficient (Wildman–Crippen LogP) is 1.02. The number of hydrogen-bond acceptors (Lipinski definition) is 3. The van der Waals surface area contributed by atoms with Crippen LogP contribution in [0.1, 0.15) is 11.1 Å². The largest absolute Gasteiger partial charge is 0.343 e. The quantitative estimate of drug-likeness (QED) is 0.835. The summed E-state index contributed by atoms with van der Waals surface area (Å²) in [6, 6.07) is 5.98. The molecule has 1 aromatic rings.